The molecule has 0 saturated carbocycles. The number of nitrogens with one attached hydrogen (secondary N) is 1. The third-order valence-electron chi connectivity index (χ3n) is 4.97. The molecule has 33 heavy (non-hydrogen) atoms. The normalized spacial score (nSPS) is 10.8. The lowest BCUT2D eigenvalue weighted by Crippen LogP contribution is -2.30. The van der Waals surface area contributed by atoms with Gasteiger partial charge >= 0.3 is 0 Å². The van der Waals surface area contributed by atoms with Gasteiger partial charge in [-0.1, -0.05) is 60.7 Å². The Morgan fingerprint density at radius 3 is 2.21 bits per heavy atom. The number of nitrogens with zero attached hydrogens (tertiary/aromatic N) is 2. The summed E-state index contributed by atoms with van der Waals surface area (Å²) in [5.41, 5.74) is 4.96. The Balaban J connectivity index is 1.34. The fourth-order valence-electron chi connectivity index (χ4n) is 3.23. The lowest BCUT2D eigenvalue weighted by molar-refractivity contribution is 0.0953. The number of pyridine rings is 1. The van der Waals surface area contributed by atoms with Crippen molar-refractivity contribution in [3.8, 4) is 5.75 Å². The second kappa shape index (κ2) is 10.7. The van der Waals surface area contributed by atoms with Crippen LogP contribution in [-0.2, 0) is 13.2 Å². The number of hydrogen-bond acceptors (Lipinski definition) is 4. The zero-order valence-corrected chi connectivity index (χ0v) is 17.9. The molecule has 1 aromatic heterocycles. The van der Waals surface area contributed by atoms with Gasteiger partial charge in [0.15, 0.2) is 0 Å². The van der Waals surface area contributed by atoms with Crippen LogP contribution in [0.5, 0.6) is 5.75 Å². The molecule has 3 aromatic carbocycles. The van der Waals surface area contributed by atoms with E-state index in [-0.39, 0.29) is 11.1 Å². The lowest BCUT2D eigenvalue weighted by Gasteiger charge is -2.07. The molecule has 0 spiro atoms. The van der Waals surface area contributed by atoms with Gasteiger partial charge in [-0.05, 0) is 53.1 Å². The number of amides is 1. The van der Waals surface area contributed by atoms with Crippen LogP contribution in [0.3, 0.4) is 0 Å². The van der Waals surface area contributed by atoms with Gasteiger partial charge in [0, 0.05) is 6.20 Å². The van der Waals surface area contributed by atoms with E-state index in [0.29, 0.717) is 13.2 Å². The average molecular weight is 437 g/mol. The smallest absolute Gasteiger partial charge is 0.276 e. The van der Waals surface area contributed by atoms with Crippen LogP contribution in [0, 0.1) is 0 Å². The summed E-state index contributed by atoms with van der Waals surface area (Å²) in [6.45, 7) is 0.881. The van der Waals surface area contributed by atoms with E-state index in [4.69, 9.17) is 4.74 Å². The maximum atomic E-state index is 12.7. The van der Waals surface area contributed by atoms with Gasteiger partial charge in [-0.15, -0.1) is 0 Å². The molecular weight excluding hydrogens is 414 g/mol. The van der Waals surface area contributed by atoms with E-state index in [1.165, 1.54) is 16.8 Å². The number of ether oxygens (including phenoxy) is 1. The minimum Gasteiger partial charge on any atom is -0.489 e. The number of benzene rings is 3. The third-order valence-corrected chi connectivity index (χ3v) is 4.97. The molecule has 164 valence electrons. The number of hydrazone groups is 1. The summed E-state index contributed by atoms with van der Waals surface area (Å²) in [7, 11) is 0. The van der Waals surface area contributed by atoms with E-state index < -0.39 is 5.91 Å². The van der Waals surface area contributed by atoms with Gasteiger partial charge in [0.25, 0.3) is 11.5 Å². The van der Waals surface area contributed by atoms with Crippen LogP contribution in [0.15, 0.2) is 113 Å². The van der Waals surface area contributed by atoms with Crippen LogP contribution in [0.4, 0.5) is 0 Å². The van der Waals surface area contributed by atoms with Crippen molar-refractivity contribution >= 4 is 12.1 Å². The van der Waals surface area contributed by atoms with E-state index in [1.807, 2.05) is 84.9 Å². The van der Waals surface area contributed by atoms with E-state index in [2.05, 4.69) is 10.5 Å². The molecule has 0 saturated heterocycles. The summed E-state index contributed by atoms with van der Waals surface area (Å²) in [4.78, 5) is 25.2. The van der Waals surface area contributed by atoms with Gasteiger partial charge in [0.05, 0.1) is 12.8 Å². The quantitative estimate of drug-likeness (QED) is 0.331. The molecule has 0 aliphatic heterocycles. The molecule has 0 atom stereocenters. The van der Waals surface area contributed by atoms with Crippen molar-refractivity contribution in [2.24, 2.45) is 5.10 Å². The van der Waals surface area contributed by atoms with Crippen LogP contribution in [0.2, 0.25) is 0 Å². The first kappa shape index (κ1) is 21.8. The highest BCUT2D eigenvalue weighted by Gasteiger charge is 2.11. The lowest BCUT2D eigenvalue weighted by atomic mass is 10.2. The van der Waals surface area contributed by atoms with Crippen molar-refractivity contribution in [3.63, 3.8) is 0 Å². The summed E-state index contributed by atoms with van der Waals surface area (Å²) in [5, 5.41) is 3.98. The Labute approximate surface area is 191 Å². The van der Waals surface area contributed by atoms with Crippen LogP contribution in [0.1, 0.15) is 27.0 Å². The molecule has 0 aliphatic rings. The zero-order valence-electron chi connectivity index (χ0n) is 17.9. The van der Waals surface area contributed by atoms with Crippen molar-refractivity contribution in [2.45, 2.75) is 13.2 Å². The van der Waals surface area contributed by atoms with Crippen LogP contribution < -0.4 is 15.7 Å². The molecule has 1 heterocycles. The molecule has 0 bridgehead atoms. The van der Waals surface area contributed by atoms with Gasteiger partial charge in [0.2, 0.25) is 0 Å². The Morgan fingerprint density at radius 1 is 0.848 bits per heavy atom. The Morgan fingerprint density at radius 2 is 1.52 bits per heavy atom. The molecule has 0 unspecified atom stereocenters. The number of rotatable bonds is 8. The largest absolute Gasteiger partial charge is 0.489 e. The summed E-state index contributed by atoms with van der Waals surface area (Å²) in [5.74, 6) is 0.185. The summed E-state index contributed by atoms with van der Waals surface area (Å²) >= 11 is 0. The highest BCUT2D eigenvalue weighted by Crippen LogP contribution is 2.13. The van der Waals surface area contributed by atoms with Crippen LogP contribution >= 0.6 is 0 Å². The van der Waals surface area contributed by atoms with Gasteiger partial charge in [-0.3, -0.25) is 9.59 Å². The second-order valence-electron chi connectivity index (χ2n) is 7.38. The predicted molar refractivity (Wildman–Crippen MR) is 129 cm³/mol. The summed E-state index contributed by atoms with van der Waals surface area (Å²) < 4.78 is 7.27. The second-order valence-corrected chi connectivity index (χ2v) is 7.38. The highest BCUT2D eigenvalue weighted by atomic mass is 16.5. The zero-order chi connectivity index (χ0) is 22.9. The Bertz CT molecular complexity index is 1280. The fourth-order valence-corrected chi connectivity index (χ4v) is 3.23. The number of carbonyl (C=O) groups is 1. The molecule has 0 radical (unpaired) electrons. The van der Waals surface area contributed by atoms with Crippen molar-refractivity contribution in [1.29, 1.82) is 0 Å². The van der Waals surface area contributed by atoms with Crippen LogP contribution in [0.25, 0.3) is 0 Å². The standard InChI is InChI=1S/C27H23N3O3/c31-26(25-12-7-17-30(27(25)32)19-22-8-3-1-4-9-22)29-28-18-21-13-15-24(16-14-21)33-20-23-10-5-2-6-11-23/h1-18H,19-20H2,(H,29,31)/b28-18-. The minimum atomic E-state index is -0.554. The van der Waals surface area contributed by atoms with Crippen molar-refractivity contribution in [1.82, 2.24) is 9.99 Å². The maximum absolute atomic E-state index is 12.7. The topological polar surface area (TPSA) is 72.7 Å². The number of carbonyl (C=O) groups excluding carboxylic acids is 1. The molecule has 6 nitrogen and oxygen atoms in total. The monoisotopic (exact) mass is 437 g/mol. The fraction of sp³-hybridized carbons (Fsp3) is 0.0741. The molecule has 4 aromatic rings. The van der Waals surface area contributed by atoms with Crippen molar-refractivity contribution in [2.75, 3.05) is 0 Å². The van der Waals surface area contributed by atoms with Gasteiger partial charge in [-0.25, -0.2) is 5.43 Å². The molecule has 0 fully saturated rings. The molecule has 4 rings (SSSR count). The van der Waals surface area contributed by atoms with Crippen LogP contribution in [-0.4, -0.2) is 16.7 Å². The molecule has 6 heteroatoms. The molecule has 1 N–H and O–H groups in total. The highest BCUT2D eigenvalue weighted by molar-refractivity contribution is 5.94. The Kier molecular flexibility index (Phi) is 7.08. The first-order valence-electron chi connectivity index (χ1n) is 10.5. The third kappa shape index (κ3) is 6.04. The minimum absolute atomic E-state index is 0.0373. The van der Waals surface area contributed by atoms with Crippen molar-refractivity contribution < 1.29 is 9.53 Å². The number of hydrogen-bond donors (Lipinski definition) is 1. The first-order valence-corrected chi connectivity index (χ1v) is 10.5. The molecule has 0 aliphatic carbocycles. The van der Waals surface area contributed by atoms with E-state index >= 15 is 0 Å². The van der Waals surface area contributed by atoms with Gasteiger partial charge in [-0.2, -0.15) is 5.10 Å². The molecular formula is C27H23N3O3. The maximum Gasteiger partial charge on any atom is 0.276 e. The summed E-state index contributed by atoms with van der Waals surface area (Å²) in [6, 6.07) is 30.1. The first-order chi connectivity index (χ1) is 16.2. The van der Waals surface area contributed by atoms with E-state index in [0.717, 1.165) is 22.4 Å². The average Bonchev–Trinajstić information content (AvgIpc) is 2.86. The van der Waals surface area contributed by atoms with Crippen molar-refractivity contribution in [3.05, 3.63) is 136 Å². The Hall–Kier alpha value is -4.45. The predicted octanol–water partition coefficient (Wildman–Crippen LogP) is 4.24. The SMILES string of the molecule is O=C(N/N=C\c1ccc(OCc2ccccc2)cc1)c1cccn(Cc2ccccc2)c1=O. The number of aromatic nitrogens is 1. The van der Waals surface area contributed by atoms with Gasteiger partial charge in [0.1, 0.15) is 17.9 Å². The summed E-state index contributed by atoms with van der Waals surface area (Å²) in [6.07, 6.45) is 3.18. The van der Waals surface area contributed by atoms with E-state index in [1.54, 1.807) is 12.3 Å². The van der Waals surface area contributed by atoms with Gasteiger partial charge < -0.3 is 9.30 Å². The molecule has 1 amide bonds. The van der Waals surface area contributed by atoms with E-state index in [9.17, 15) is 9.59 Å².